The average molecular weight is 449 g/mol. The maximum atomic E-state index is 14.6. The summed E-state index contributed by atoms with van der Waals surface area (Å²) in [6, 6.07) is 2.87. The van der Waals surface area contributed by atoms with Crippen molar-refractivity contribution < 1.29 is 14.6 Å². The zero-order chi connectivity index (χ0) is 22.3. The molecule has 31 heavy (non-hydrogen) atoms. The first-order valence-electron chi connectivity index (χ1n) is 9.64. The van der Waals surface area contributed by atoms with Gasteiger partial charge in [0.2, 0.25) is 5.95 Å². The third-order valence-corrected chi connectivity index (χ3v) is 4.83. The van der Waals surface area contributed by atoms with Crippen LogP contribution < -0.4 is 10.6 Å². The largest absolute Gasteiger partial charge is 0.389 e. The van der Waals surface area contributed by atoms with Crippen LogP contribution in [0, 0.1) is 5.82 Å². The zero-order valence-electron chi connectivity index (χ0n) is 17.2. The second kappa shape index (κ2) is 7.91. The minimum atomic E-state index is -1.06. The highest BCUT2D eigenvalue weighted by Crippen LogP contribution is 2.32. The molecule has 0 unspecified atom stereocenters. The number of aromatic nitrogens is 6. The van der Waals surface area contributed by atoms with Crippen molar-refractivity contribution >= 4 is 51.0 Å². The molecule has 164 valence electrons. The molecule has 0 saturated heterocycles. The standard InChI is InChI=1S/C19H22ClFN8O2/c1-4-22-16-13-15(20)27-29(9-30)17(13)26-18(25-16)24-12-6-5-11(21)14-10(12)7-23-28(14)8-19(2,3)31/h5-7,30-31H,4,8-9H2,1-3H3,(H2,22,24,25,26). The van der Waals surface area contributed by atoms with Crippen molar-refractivity contribution in [1.82, 2.24) is 29.5 Å². The van der Waals surface area contributed by atoms with Gasteiger partial charge >= 0.3 is 0 Å². The Balaban J connectivity index is 1.81. The van der Waals surface area contributed by atoms with Gasteiger partial charge in [0, 0.05) is 11.9 Å². The van der Waals surface area contributed by atoms with Gasteiger partial charge in [-0.25, -0.2) is 9.07 Å². The normalized spacial score (nSPS) is 12.1. The monoisotopic (exact) mass is 448 g/mol. The van der Waals surface area contributed by atoms with Crippen molar-refractivity contribution in [2.75, 3.05) is 17.2 Å². The Bertz CT molecular complexity index is 1260. The van der Waals surface area contributed by atoms with Crippen molar-refractivity contribution in [3.8, 4) is 0 Å². The molecule has 4 rings (SSSR count). The van der Waals surface area contributed by atoms with Gasteiger partial charge in [0.05, 0.1) is 24.0 Å². The number of anilines is 3. The molecule has 0 saturated carbocycles. The first kappa shape index (κ1) is 21.2. The fourth-order valence-electron chi connectivity index (χ4n) is 3.35. The Hall–Kier alpha value is -3.02. The maximum Gasteiger partial charge on any atom is 0.231 e. The first-order chi connectivity index (χ1) is 14.7. The van der Waals surface area contributed by atoms with E-state index in [0.717, 1.165) is 0 Å². The topological polar surface area (TPSA) is 126 Å². The van der Waals surface area contributed by atoms with Crippen LogP contribution in [0.4, 0.5) is 21.8 Å². The Labute approximate surface area is 181 Å². The van der Waals surface area contributed by atoms with Crippen molar-refractivity contribution in [3.63, 3.8) is 0 Å². The molecule has 0 aliphatic rings. The van der Waals surface area contributed by atoms with Gasteiger partial charge in [-0.2, -0.15) is 20.2 Å². The number of aliphatic hydroxyl groups is 2. The molecule has 0 aliphatic heterocycles. The van der Waals surface area contributed by atoms with Crippen LogP contribution in [0.3, 0.4) is 0 Å². The molecule has 0 bridgehead atoms. The van der Waals surface area contributed by atoms with Gasteiger partial charge in [-0.15, -0.1) is 0 Å². The fraction of sp³-hybridized carbons (Fsp3) is 0.368. The lowest BCUT2D eigenvalue weighted by Crippen LogP contribution is -2.26. The van der Waals surface area contributed by atoms with E-state index < -0.39 is 18.1 Å². The predicted molar refractivity (Wildman–Crippen MR) is 116 cm³/mol. The van der Waals surface area contributed by atoms with Gasteiger partial charge in [0.25, 0.3) is 0 Å². The fourth-order valence-corrected chi connectivity index (χ4v) is 3.62. The molecule has 10 nitrogen and oxygen atoms in total. The number of halogens is 2. The Morgan fingerprint density at radius 2 is 2.00 bits per heavy atom. The summed E-state index contributed by atoms with van der Waals surface area (Å²) in [5, 5.41) is 35.4. The Kier molecular flexibility index (Phi) is 5.42. The van der Waals surface area contributed by atoms with Crippen LogP contribution in [0.5, 0.6) is 0 Å². The van der Waals surface area contributed by atoms with Crippen molar-refractivity contribution in [3.05, 3.63) is 29.3 Å². The summed E-state index contributed by atoms with van der Waals surface area (Å²) in [4.78, 5) is 8.91. The van der Waals surface area contributed by atoms with Crippen LogP contribution in [-0.4, -0.2) is 51.9 Å². The SMILES string of the molecule is CCNc1nc(Nc2ccc(F)c3c2cnn3CC(C)(C)O)nc2c1c(Cl)nn2CO. The molecule has 4 N–H and O–H groups in total. The number of benzene rings is 1. The highest BCUT2D eigenvalue weighted by Gasteiger charge is 2.21. The van der Waals surface area contributed by atoms with E-state index in [4.69, 9.17) is 11.6 Å². The number of hydrogen-bond donors (Lipinski definition) is 4. The third-order valence-electron chi connectivity index (χ3n) is 4.56. The molecule has 0 aliphatic carbocycles. The van der Waals surface area contributed by atoms with Crippen molar-refractivity contribution in [2.45, 2.75) is 39.6 Å². The Morgan fingerprint density at radius 1 is 1.23 bits per heavy atom. The first-order valence-corrected chi connectivity index (χ1v) is 10.0. The van der Waals surface area contributed by atoms with Crippen LogP contribution in [-0.2, 0) is 13.3 Å². The molecule has 3 aromatic heterocycles. The quantitative estimate of drug-likeness (QED) is 0.340. The molecule has 3 heterocycles. The van der Waals surface area contributed by atoms with E-state index >= 15 is 0 Å². The van der Waals surface area contributed by atoms with Gasteiger partial charge in [-0.05, 0) is 32.9 Å². The molecule has 0 amide bonds. The minimum absolute atomic E-state index is 0.123. The Morgan fingerprint density at radius 3 is 2.68 bits per heavy atom. The van der Waals surface area contributed by atoms with Crippen LogP contribution in [0.25, 0.3) is 21.9 Å². The number of nitrogens with one attached hydrogen (secondary N) is 2. The van der Waals surface area contributed by atoms with Gasteiger partial charge in [0.15, 0.2) is 10.8 Å². The van der Waals surface area contributed by atoms with Gasteiger partial charge in [-0.1, -0.05) is 11.6 Å². The lowest BCUT2D eigenvalue weighted by molar-refractivity contribution is 0.0590. The number of hydrogen-bond acceptors (Lipinski definition) is 8. The summed E-state index contributed by atoms with van der Waals surface area (Å²) < 4.78 is 17.3. The zero-order valence-corrected chi connectivity index (χ0v) is 17.9. The molecule has 0 atom stereocenters. The van der Waals surface area contributed by atoms with Gasteiger partial charge in [-0.3, -0.25) is 4.68 Å². The lowest BCUT2D eigenvalue weighted by atomic mass is 10.1. The summed E-state index contributed by atoms with van der Waals surface area (Å²) in [5.74, 6) is 0.200. The van der Waals surface area contributed by atoms with Crippen molar-refractivity contribution in [2.24, 2.45) is 0 Å². The summed E-state index contributed by atoms with van der Waals surface area (Å²) in [7, 11) is 0. The van der Waals surface area contributed by atoms with Crippen LogP contribution in [0.15, 0.2) is 18.3 Å². The van der Waals surface area contributed by atoms with E-state index in [2.05, 4.69) is 30.8 Å². The van der Waals surface area contributed by atoms with Crippen molar-refractivity contribution in [1.29, 1.82) is 0 Å². The number of aliphatic hydroxyl groups excluding tert-OH is 1. The molecule has 4 aromatic rings. The molecule has 0 radical (unpaired) electrons. The molecule has 12 heteroatoms. The van der Waals surface area contributed by atoms with E-state index in [1.165, 1.54) is 21.6 Å². The second-order valence-corrected chi connectivity index (χ2v) is 8.01. The molecule has 0 fully saturated rings. The summed E-state index contributed by atoms with van der Waals surface area (Å²) in [6.45, 7) is 5.46. The van der Waals surface area contributed by atoms with E-state index in [1.54, 1.807) is 19.9 Å². The van der Waals surface area contributed by atoms with E-state index in [9.17, 15) is 14.6 Å². The number of rotatable bonds is 7. The van der Waals surface area contributed by atoms with E-state index in [-0.39, 0.29) is 23.2 Å². The lowest BCUT2D eigenvalue weighted by Gasteiger charge is -2.17. The summed E-state index contributed by atoms with van der Waals surface area (Å²) >= 11 is 6.20. The summed E-state index contributed by atoms with van der Waals surface area (Å²) in [5.41, 5.74) is 0.0630. The number of nitrogens with zero attached hydrogens (tertiary/aromatic N) is 6. The molecular weight excluding hydrogens is 427 g/mol. The van der Waals surface area contributed by atoms with Crippen LogP contribution in [0.2, 0.25) is 5.15 Å². The summed E-state index contributed by atoms with van der Waals surface area (Å²) in [6.07, 6.45) is 1.52. The maximum absolute atomic E-state index is 14.6. The molecule has 1 aromatic carbocycles. The predicted octanol–water partition coefficient (Wildman–Crippen LogP) is 2.86. The van der Waals surface area contributed by atoms with Gasteiger partial charge < -0.3 is 20.8 Å². The van der Waals surface area contributed by atoms with Gasteiger partial charge in [0.1, 0.15) is 29.3 Å². The molecule has 0 spiro atoms. The smallest absolute Gasteiger partial charge is 0.231 e. The molecular formula is C19H22ClFN8O2. The average Bonchev–Trinajstić information content (AvgIpc) is 3.25. The highest BCUT2D eigenvalue weighted by atomic mass is 35.5. The highest BCUT2D eigenvalue weighted by molar-refractivity contribution is 6.35. The third kappa shape index (κ3) is 3.99. The van der Waals surface area contributed by atoms with Crippen LogP contribution >= 0.6 is 11.6 Å². The van der Waals surface area contributed by atoms with E-state index in [0.29, 0.717) is 34.5 Å². The van der Waals surface area contributed by atoms with Crippen LogP contribution in [0.1, 0.15) is 20.8 Å². The minimum Gasteiger partial charge on any atom is -0.389 e. The van der Waals surface area contributed by atoms with E-state index in [1.807, 2.05) is 6.92 Å². The second-order valence-electron chi connectivity index (χ2n) is 7.65. The number of fused-ring (bicyclic) bond motifs is 2.